The maximum atomic E-state index is 11.3. The number of rotatable bonds is 2. The molecule has 0 aliphatic carbocycles. The summed E-state index contributed by atoms with van der Waals surface area (Å²) in [5, 5.41) is 0.577. The molecule has 0 unspecified atom stereocenters. The van der Waals surface area contributed by atoms with E-state index in [-0.39, 0.29) is 12.3 Å². The Morgan fingerprint density at radius 1 is 1.71 bits per heavy atom. The molecule has 1 aliphatic rings. The third-order valence-corrected chi connectivity index (χ3v) is 3.47. The highest BCUT2D eigenvalue weighted by atomic mass is 32.1. The van der Waals surface area contributed by atoms with E-state index in [1.54, 1.807) is 0 Å². The fourth-order valence-electron chi connectivity index (χ4n) is 1.53. The van der Waals surface area contributed by atoms with Crippen molar-refractivity contribution in [3.8, 4) is 0 Å². The number of Topliss-reactive ketones (excluding diaryl/α,β-unsaturated/α-hetero) is 1. The number of carbonyl (C=O) groups is 1. The average molecular weight is 211 g/mol. The van der Waals surface area contributed by atoms with Crippen LogP contribution in [0.4, 0.5) is 0 Å². The fraction of sp³-hybridized carbons (Fsp3) is 0.556. The summed E-state index contributed by atoms with van der Waals surface area (Å²) in [5.41, 5.74) is 6.38. The maximum absolute atomic E-state index is 11.3. The second-order valence-electron chi connectivity index (χ2n) is 3.50. The van der Waals surface area contributed by atoms with Crippen LogP contribution in [0.1, 0.15) is 20.4 Å². The number of carbonyl (C=O) groups excluding carboxylic acids is 1. The van der Waals surface area contributed by atoms with Gasteiger partial charge in [0.05, 0.1) is 12.2 Å². The largest absolute Gasteiger partial charge is 0.324 e. The van der Waals surface area contributed by atoms with Gasteiger partial charge in [-0.15, -0.1) is 11.3 Å². The molecule has 0 spiro atoms. The molecule has 2 N–H and O–H groups in total. The van der Waals surface area contributed by atoms with Crippen LogP contribution in [-0.2, 0) is 13.0 Å². The first-order valence-corrected chi connectivity index (χ1v) is 5.42. The number of aromatic nitrogens is 1. The zero-order valence-corrected chi connectivity index (χ0v) is 8.93. The standard InChI is InChI=1S/C9H13N3OS/c1-12-3-2-6-8(5-12)14-9(11-6)7(13)4-10/h2-5,10H2,1H3. The number of fused-ring (bicyclic) bond motifs is 1. The van der Waals surface area contributed by atoms with Gasteiger partial charge in [0.25, 0.3) is 0 Å². The van der Waals surface area contributed by atoms with Crippen molar-refractivity contribution >= 4 is 17.1 Å². The van der Waals surface area contributed by atoms with Crippen LogP contribution in [0.2, 0.25) is 0 Å². The summed E-state index contributed by atoms with van der Waals surface area (Å²) in [4.78, 5) is 19.1. The normalized spacial score (nSPS) is 16.7. The van der Waals surface area contributed by atoms with Gasteiger partial charge in [-0.05, 0) is 7.05 Å². The number of ketones is 1. The van der Waals surface area contributed by atoms with E-state index in [9.17, 15) is 4.79 Å². The third-order valence-electron chi connectivity index (χ3n) is 2.35. The zero-order chi connectivity index (χ0) is 10.1. The molecule has 0 radical (unpaired) electrons. The van der Waals surface area contributed by atoms with E-state index in [4.69, 9.17) is 5.73 Å². The topological polar surface area (TPSA) is 59.2 Å². The van der Waals surface area contributed by atoms with Crippen molar-refractivity contribution in [2.45, 2.75) is 13.0 Å². The fourth-order valence-corrected chi connectivity index (χ4v) is 2.67. The summed E-state index contributed by atoms with van der Waals surface area (Å²) < 4.78 is 0. The first-order valence-electron chi connectivity index (χ1n) is 4.61. The number of thiazole rings is 1. The second-order valence-corrected chi connectivity index (χ2v) is 4.59. The van der Waals surface area contributed by atoms with Crippen LogP contribution in [0.15, 0.2) is 0 Å². The third kappa shape index (κ3) is 1.70. The maximum Gasteiger partial charge on any atom is 0.204 e. The predicted molar refractivity (Wildman–Crippen MR) is 55.5 cm³/mol. The van der Waals surface area contributed by atoms with E-state index in [0.717, 1.165) is 25.2 Å². The minimum atomic E-state index is -0.0490. The Morgan fingerprint density at radius 3 is 3.21 bits per heavy atom. The van der Waals surface area contributed by atoms with Gasteiger partial charge in [-0.2, -0.15) is 0 Å². The van der Waals surface area contributed by atoms with E-state index in [1.807, 2.05) is 0 Å². The second kappa shape index (κ2) is 3.76. The first kappa shape index (κ1) is 9.76. The van der Waals surface area contributed by atoms with Crippen molar-refractivity contribution in [2.75, 3.05) is 20.1 Å². The zero-order valence-electron chi connectivity index (χ0n) is 8.12. The van der Waals surface area contributed by atoms with Crippen molar-refractivity contribution in [1.82, 2.24) is 9.88 Å². The summed E-state index contributed by atoms with van der Waals surface area (Å²) in [6, 6.07) is 0. The van der Waals surface area contributed by atoms with Crippen molar-refractivity contribution < 1.29 is 4.79 Å². The van der Waals surface area contributed by atoms with Crippen molar-refractivity contribution in [2.24, 2.45) is 5.73 Å². The number of nitrogens with two attached hydrogens (primary N) is 1. The molecule has 4 nitrogen and oxygen atoms in total. The molecule has 0 atom stereocenters. The lowest BCUT2D eigenvalue weighted by Crippen LogP contribution is -2.25. The minimum Gasteiger partial charge on any atom is -0.324 e. The van der Waals surface area contributed by atoms with E-state index in [2.05, 4.69) is 16.9 Å². The van der Waals surface area contributed by atoms with E-state index in [1.165, 1.54) is 16.2 Å². The molecule has 0 amide bonds. The molecule has 0 aromatic carbocycles. The number of hydrogen-bond donors (Lipinski definition) is 1. The first-order chi connectivity index (χ1) is 6.70. The highest BCUT2D eigenvalue weighted by Gasteiger charge is 2.20. The Balaban J connectivity index is 2.27. The Hall–Kier alpha value is -0.780. The molecule has 0 bridgehead atoms. The molecule has 76 valence electrons. The van der Waals surface area contributed by atoms with Gasteiger partial charge in [-0.25, -0.2) is 4.98 Å². The summed E-state index contributed by atoms with van der Waals surface area (Å²) in [6.45, 7) is 1.99. The van der Waals surface area contributed by atoms with Gasteiger partial charge in [-0.1, -0.05) is 0 Å². The monoisotopic (exact) mass is 211 g/mol. The van der Waals surface area contributed by atoms with Gasteiger partial charge in [-0.3, -0.25) is 4.79 Å². The molecule has 14 heavy (non-hydrogen) atoms. The van der Waals surface area contributed by atoms with E-state index < -0.39 is 0 Å². The molecule has 0 fully saturated rings. The Morgan fingerprint density at radius 2 is 2.50 bits per heavy atom. The van der Waals surface area contributed by atoms with Crippen LogP contribution in [0.3, 0.4) is 0 Å². The molecule has 5 heteroatoms. The molecule has 1 aromatic rings. The van der Waals surface area contributed by atoms with Crippen molar-refractivity contribution in [3.05, 3.63) is 15.6 Å². The average Bonchev–Trinajstić information content (AvgIpc) is 2.59. The van der Waals surface area contributed by atoms with Crippen LogP contribution in [-0.4, -0.2) is 35.8 Å². The molecule has 2 heterocycles. The number of nitrogens with zero attached hydrogens (tertiary/aromatic N) is 2. The summed E-state index contributed by atoms with van der Waals surface area (Å²) in [5.74, 6) is -0.0490. The number of likely N-dealkylation sites (N-methyl/N-ethyl adjacent to an activating group) is 1. The van der Waals surface area contributed by atoms with Crippen LogP contribution in [0.5, 0.6) is 0 Å². The van der Waals surface area contributed by atoms with Crippen LogP contribution in [0, 0.1) is 0 Å². The quantitative estimate of drug-likeness (QED) is 0.713. The van der Waals surface area contributed by atoms with E-state index in [0.29, 0.717) is 5.01 Å². The summed E-state index contributed by atoms with van der Waals surface area (Å²) in [7, 11) is 2.08. The molecule has 0 saturated heterocycles. The van der Waals surface area contributed by atoms with Gasteiger partial charge in [0.1, 0.15) is 0 Å². The molecule has 0 saturated carbocycles. The lowest BCUT2D eigenvalue weighted by atomic mass is 10.2. The SMILES string of the molecule is CN1CCc2nc(C(=O)CN)sc2C1. The molecule has 2 rings (SSSR count). The summed E-state index contributed by atoms with van der Waals surface area (Å²) >= 11 is 1.49. The Bertz CT molecular complexity index is 361. The lowest BCUT2D eigenvalue weighted by molar-refractivity contribution is 0.100. The van der Waals surface area contributed by atoms with Gasteiger partial charge < -0.3 is 10.6 Å². The smallest absolute Gasteiger partial charge is 0.204 e. The number of hydrogen-bond acceptors (Lipinski definition) is 5. The van der Waals surface area contributed by atoms with Crippen LogP contribution >= 0.6 is 11.3 Å². The molecule has 1 aromatic heterocycles. The van der Waals surface area contributed by atoms with Crippen LogP contribution in [0.25, 0.3) is 0 Å². The van der Waals surface area contributed by atoms with Gasteiger partial charge in [0.15, 0.2) is 5.01 Å². The van der Waals surface area contributed by atoms with Crippen molar-refractivity contribution in [1.29, 1.82) is 0 Å². The van der Waals surface area contributed by atoms with Gasteiger partial charge in [0, 0.05) is 24.4 Å². The Labute approximate surface area is 86.7 Å². The highest BCUT2D eigenvalue weighted by Crippen LogP contribution is 2.24. The van der Waals surface area contributed by atoms with Gasteiger partial charge in [0.2, 0.25) is 5.78 Å². The molecule has 1 aliphatic heterocycles. The van der Waals surface area contributed by atoms with Crippen molar-refractivity contribution in [3.63, 3.8) is 0 Å². The lowest BCUT2D eigenvalue weighted by Gasteiger charge is -2.20. The molecular weight excluding hydrogens is 198 g/mol. The Kier molecular flexibility index (Phi) is 2.62. The molecular formula is C9H13N3OS. The predicted octanol–water partition coefficient (Wildman–Crippen LogP) is 0.272. The van der Waals surface area contributed by atoms with E-state index >= 15 is 0 Å². The summed E-state index contributed by atoms with van der Waals surface area (Å²) in [6.07, 6.45) is 0.945. The van der Waals surface area contributed by atoms with Gasteiger partial charge >= 0.3 is 0 Å². The van der Waals surface area contributed by atoms with Crippen LogP contribution < -0.4 is 5.73 Å². The minimum absolute atomic E-state index is 0.0490. The highest BCUT2D eigenvalue weighted by molar-refractivity contribution is 7.13.